The van der Waals surface area contributed by atoms with Gasteiger partial charge in [-0.15, -0.1) is 0 Å². The molecule has 0 spiro atoms. The van der Waals surface area contributed by atoms with E-state index in [-0.39, 0.29) is 22.0 Å². The zero-order chi connectivity index (χ0) is 15.6. The number of carbonyl (C=O) groups is 1. The van der Waals surface area contributed by atoms with Gasteiger partial charge in [-0.3, -0.25) is 14.9 Å². The Morgan fingerprint density at radius 3 is 2.62 bits per heavy atom. The van der Waals surface area contributed by atoms with Crippen LogP contribution in [0.2, 0.25) is 5.02 Å². The summed E-state index contributed by atoms with van der Waals surface area (Å²) in [5, 5.41) is 23.2. The molecule has 2 N–H and O–H groups in total. The number of anilines is 1. The zero-order valence-electron chi connectivity index (χ0n) is 11.0. The summed E-state index contributed by atoms with van der Waals surface area (Å²) in [4.78, 5) is 22.4. The number of phenols is 1. The van der Waals surface area contributed by atoms with Gasteiger partial charge in [-0.1, -0.05) is 17.7 Å². The first-order valence-electron chi connectivity index (χ1n) is 5.93. The Hall–Kier alpha value is -2.60. The highest BCUT2D eigenvalue weighted by molar-refractivity contribution is 6.31. The maximum atomic E-state index is 12.1. The quantitative estimate of drug-likeness (QED) is 0.670. The van der Waals surface area contributed by atoms with E-state index in [9.17, 15) is 20.0 Å². The molecule has 0 aromatic heterocycles. The molecule has 0 saturated heterocycles. The summed E-state index contributed by atoms with van der Waals surface area (Å²) in [6.45, 7) is 1.71. The van der Waals surface area contributed by atoms with E-state index in [2.05, 4.69) is 5.32 Å². The van der Waals surface area contributed by atoms with Crippen LogP contribution in [0.1, 0.15) is 15.9 Å². The first-order valence-corrected chi connectivity index (χ1v) is 6.31. The number of rotatable bonds is 3. The van der Waals surface area contributed by atoms with Crippen molar-refractivity contribution >= 4 is 28.9 Å². The molecule has 0 aliphatic carbocycles. The number of phenolic OH excluding ortho intramolecular Hbond substituents is 1. The van der Waals surface area contributed by atoms with Crippen molar-refractivity contribution in [2.75, 3.05) is 5.32 Å². The molecule has 2 aromatic rings. The molecular formula is C14H11ClN2O4. The monoisotopic (exact) mass is 306 g/mol. The molecule has 0 unspecified atom stereocenters. The maximum absolute atomic E-state index is 12.1. The summed E-state index contributed by atoms with van der Waals surface area (Å²) in [5.74, 6) is -0.652. The first-order chi connectivity index (χ1) is 9.88. The van der Waals surface area contributed by atoms with Gasteiger partial charge in [0.05, 0.1) is 4.92 Å². The number of nitrogens with zero attached hydrogens (tertiary/aromatic N) is 1. The smallest absolute Gasteiger partial charge is 0.282 e. The minimum Gasteiger partial charge on any atom is -0.508 e. The Morgan fingerprint density at radius 1 is 1.29 bits per heavy atom. The van der Waals surface area contributed by atoms with Crippen LogP contribution >= 0.6 is 11.6 Å². The Labute approximate surface area is 125 Å². The number of aryl methyl sites for hydroxylation is 1. The highest BCUT2D eigenvalue weighted by Gasteiger charge is 2.20. The Morgan fingerprint density at radius 2 is 2.00 bits per heavy atom. The average molecular weight is 307 g/mol. The second-order valence-electron chi connectivity index (χ2n) is 4.37. The molecule has 0 aliphatic heterocycles. The van der Waals surface area contributed by atoms with Crippen LogP contribution in [0.15, 0.2) is 36.4 Å². The summed E-state index contributed by atoms with van der Waals surface area (Å²) in [5.41, 5.74) is 0.500. The molecule has 0 atom stereocenters. The summed E-state index contributed by atoms with van der Waals surface area (Å²) in [6.07, 6.45) is 0. The topological polar surface area (TPSA) is 92.5 Å². The van der Waals surface area contributed by atoms with Gasteiger partial charge in [0.25, 0.3) is 11.6 Å². The van der Waals surface area contributed by atoms with E-state index in [1.54, 1.807) is 19.1 Å². The van der Waals surface area contributed by atoms with E-state index < -0.39 is 10.8 Å². The van der Waals surface area contributed by atoms with Gasteiger partial charge < -0.3 is 10.4 Å². The van der Waals surface area contributed by atoms with E-state index in [4.69, 9.17) is 11.6 Å². The van der Waals surface area contributed by atoms with Crippen LogP contribution in [0.4, 0.5) is 11.4 Å². The van der Waals surface area contributed by atoms with E-state index >= 15 is 0 Å². The lowest BCUT2D eigenvalue weighted by molar-refractivity contribution is -0.385. The van der Waals surface area contributed by atoms with Gasteiger partial charge in [-0.2, -0.15) is 0 Å². The molecule has 2 rings (SSSR count). The van der Waals surface area contributed by atoms with Crippen LogP contribution in [0, 0.1) is 17.0 Å². The normalized spacial score (nSPS) is 10.2. The molecule has 7 heteroatoms. The summed E-state index contributed by atoms with van der Waals surface area (Å²) >= 11 is 5.77. The molecule has 0 aliphatic rings. The number of benzene rings is 2. The van der Waals surface area contributed by atoms with E-state index in [0.29, 0.717) is 11.3 Å². The predicted molar refractivity (Wildman–Crippen MR) is 78.9 cm³/mol. The second-order valence-corrected chi connectivity index (χ2v) is 4.81. The number of hydrogen-bond donors (Lipinski definition) is 2. The Balaban J connectivity index is 2.34. The van der Waals surface area contributed by atoms with E-state index in [1.165, 1.54) is 24.3 Å². The Kier molecular flexibility index (Phi) is 4.09. The maximum Gasteiger partial charge on any atom is 0.282 e. The fourth-order valence-electron chi connectivity index (χ4n) is 1.73. The predicted octanol–water partition coefficient (Wildman–Crippen LogP) is 3.51. The van der Waals surface area contributed by atoms with Crippen LogP contribution in [0.25, 0.3) is 0 Å². The highest BCUT2D eigenvalue weighted by atomic mass is 35.5. The van der Waals surface area contributed by atoms with Crippen LogP contribution in [-0.4, -0.2) is 15.9 Å². The summed E-state index contributed by atoms with van der Waals surface area (Å²) in [7, 11) is 0. The SMILES string of the molecule is Cc1ccc(NC(=O)c2cc(Cl)ccc2[N+](=O)[O-])cc1O. The standard InChI is InChI=1S/C14H11ClN2O4/c1-8-2-4-10(7-13(8)18)16-14(19)11-6-9(15)3-5-12(11)17(20)21/h2-7,18H,1H3,(H,16,19). The van der Waals surface area contributed by atoms with Crippen LogP contribution in [0.5, 0.6) is 5.75 Å². The molecule has 1 amide bonds. The van der Waals surface area contributed by atoms with Crippen molar-refractivity contribution in [3.63, 3.8) is 0 Å². The lowest BCUT2D eigenvalue weighted by atomic mass is 10.1. The molecule has 0 radical (unpaired) electrons. The highest BCUT2D eigenvalue weighted by Crippen LogP contribution is 2.25. The number of nitro benzene ring substituents is 1. The largest absolute Gasteiger partial charge is 0.508 e. The number of aromatic hydroxyl groups is 1. The van der Waals surface area contributed by atoms with Gasteiger partial charge in [0.15, 0.2) is 0 Å². The molecule has 2 aromatic carbocycles. The number of nitrogens with one attached hydrogen (secondary N) is 1. The van der Waals surface area contributed by atoms with E-state index in [1.807, 2.05) is 0 Å². The second kappa shape index (κ2) is 5.80. The summed E-state index contributed by atoms with van der Waals surface area (Å²) < 4.78 is 0. The lowest BCUT2D eigenvalue weighted by Gasteiger charge is -2.07. The number of hydrogen-bond acceptors (Lipinski definition) is 4. The molecule has 6 nitrogen and oxygen atoms in total. The third-order valence-electron chi connectivity index (χ3n) is 2.87. The van der Waals surface area contributed by atoms with Gasteiger partial charge in [-0.05, 0) is 30.7 Å². The minimum absolute atomic E-state index is 0.0217. The van der Waals surface area contributed by atoms with Crippen molar-refractivity contribution in [2.24, 2.45) is 0 Å². The van der Waals surface area contributed by atoms with Gasteiger partial charge in [0.1, 0.15) is 11.3 Å². The molecule has 108 valence electrons. The van der Waals surface area contributed by atoms with Crippen LogP contribution < -0.4 is 5.32 Å². The van der Waals surface area contributed by atoms with Gasteiger partial charge in [-0.25, -0.2) is 0 Å². The number of nitro groups is 1. The average Bonchev–Trinajstić information content (AvgIpc) is 2.42. The van der Waals surface area contributed by atoms with Crippen molar-refractivity contribution in [1.82, 2.24) is 0 Å². The van der Waals surface area contributed by atoms with E-state index in [0.717, 1.165) is 0 Å². The van der Waals surface area contributed by atoms with Gasteiger partial charge in [0, 0.05) is 22.8 Å². The van der Waals surface area contributed by atoms with Crippen molar-refractivity contribution in [3.05, 3.63) is 62.7 Å². The fourth-order valence-corrected chi connectivity index (χ4v) is 1.91. The third kappa shape index (κ3) is 3.29. The van der Waals surface area contributed by atoms with Gasteiger partial charge in [0.2, 0.25) is 0 Å². The third-order valence-corrected chi connectivity index (χ3v) is 3.10. The number of carbonyl (C=O) groups excluding carboxylic acids is 1. The Bertz CT molecular complexity index is 731. The fraction of sp³-hybridized carbons (Fsp3) is 0.0714. The van der Waals surface area contributed by atoms with Crippen LogP contribution in [0.3, 0.4) is 0 Å². The molecular weight excluding hydrogens is 296 g/mol. The minimum atomic E-state index is -0.674. The first kappa shape index (κ1) is 14.8. The van der Waals surface area contributed by atoms with Crippen molar-refractivity contribution in [3.8, 4) is 5.75 Å². The summed E-state index contributed by atoms with van der Waals surface area (Å²) in [6, 6.07) is 8.31. The molecule has 0 fully saturated rings. The molecule has 0 heterocycles. The van der Waals surface area contributed by atoms with Gasteiger partial charge >= 0.3 is 0 Å². The molecule has 0 saturated carbocycles. The molecule has 0 bridgehead atoms. The zero-order valence-corrected chi connectivity index (χ0v) is 11.7. The van der Waals surface area contributed by atoms with Crippen molar-refractivity contribution in [2.45, 2.75) is 6.92 Å². The molecule has 21 heavy (non-hydrogen) atoms. The lowest BCUT2D eigenvalue weighted by Crippen LogP contribution is -2.14. The van der Waals surface area contributed by atoms with Crippen molar-refractivity contribution in [1.29, 1.82) is 0 Å². The van der Waals surface area contributed by atoms with Crippen molar-refractivity contribution < 1.29 is 14.8 Å². The number of halogens is 1. The number of amides is 1. The van der Waals surface area contributed by atoms with Crippen LogP contribution in [-0.2, 0) is 0 Å².